The molecule has 0 saturated heterocycles. The zero-order valence-electron chi connectivity index (χ0n) is 13.1. The maximum Gasteiger partial charge on any atom is 0.329 e. The molecule has 0 heterocycles. The highest BCUT2D eigenvalue weighted by Crippen LogP contribution is 2.32. The van der Waals surface area contributed by atoms with Gasteiger partial charge in [-0.1, -0.05) is 6.07 Å². The van der Waals surface area contributed by atoms with Crippen molar-refractivity contribution in [2.45, 2.75) is 30.6 Å². The van der Waals surface area contributed by atoms with Crippen molar-refractivity contribution >= 4 is 29.3 Å². The van der Waals surface area contributed by atoms with E-state index in [0.29, 0.717) is 24.2 Å². The lowest BCUT2D eigenvalue weighted by Gasteiger charge is -2.38. The van der Waals surface area contributed by atoms with E-state index in [1.165, 1.54) is 31.0 Å². The van der Waals surface area contributed by atoms with Crippen LogP contribution in [0.4, 0.5) is 5.69 Å². The number of benzene rings is 1. The predicted octanol–water partition coefficient (Wildman–Crippen LogP) is 1.96. The normalized spacial score (nSPS) is 15.2. The Morgan fingerprint density at radius 3 is 2.67 bits per heavy atom. The van der Waals surface area contributed by atoms with Crippen molar-refractivity contribution in [3.63, 3.8) is 0 Å². The number of hydrogen-bond acceptors (Lipinski definition) is 6. The first-order valence-corrected chi connectivity index (χ1v) is 8.47. The number of rotatable bonds is 8. The van der Waals surface area contributed by atoms with Gasteiger partial charge in [0.05, 0.1) is 17.8 Å². The first kappa shape index (κ1) is 18.1. The van der Waals surface area contributed by atoms with E-state index in [1.807, 2.05) is 0 Å². The summed E-state index contributed by atoms with van der Waals surface area (Å²) in [7, 11) is 1.36. The molecule has 1 aromatic carbocycles. The Kier molecular flexibility index (Phi) is 5.66. The number of nitro groups is 1. The molecule has 1 aliphatic carbocycles. The van der Waals surface area contributed by atoms with Gasteiger partial charge < -0.3 is 15.2 Å². The van der Waals surface area contributed by atoms with Crippen molar-refractivity contribution in [2.75, 3.05) is 12.9 Å². The van der Waals surface area contributed by atoms with Gasteiger partial charge in [0.25, 0.3) is 0 Å². The first-order chi connectivity index (χ1) is 11.4. The van der Waals surface area contributed by atoms with Crippen LogP contribution in [0, 0.1) is 10.1 Å². The van der Waals surface area contributed by atoms with Gasteiger partial charge in [0.2, 0.25) is 5.91 Å². The maximum atomic E-state index is 11.9. The van der Waals surface area contributed by atoms with E-state index in [9.17, 15) is 24.8 Å². The summed E-state index contributed by atoms with van der Waals surface area (Å²) in [5.41, 5.74) is -0.549. The molecule has 0 atom stereocenters. The van der Waals surface area contributed by atoms with Crippen molar-refractivity contribution in [2.24, 2.45) is 0 Å². The van der Waals surface area contributed by atoms with Crippen LogP contribution in [-0.2, 0) is 15.3 Å². The fraction of sp³-hybridized carbons (Fsp3) is 0.467. The van der Waals surface area contributed by atoms with Gasteiger partial charge in [-0.3, -0.25) is 14.9 Å². The largest absolute Gasteiger partial charge is 0.490 e. The molecule has 8 nitrogen and oxygen atoms in total. The van der Waals surface area contributed by atoms with Crippen LogP contribution in [-0.4, -0.2) is 40.3 Å². The van der Waals surface area contributed by atoms with E-state index < -0.39 is 16.4 Å². The molecule has 0 bridgehead atoms. The molecule has 0 radical (unpaired) electrons. The summed E-state index contributed by atoms with van der Waals surface area (Å²) >= 11 is 1.27. The molecule has 1 aliphatic rings. The van der Waals surface area contributed by atoms with Crippen LogP contribution in [0.2, 0.25) is 0 Å². The number of carbonyl (C=O) groups is 2. The maximum absolute atomic E-state index is 11.9. The first-order valence-electron chi connectivity index (χ1n) is 7.31. The second-order valence-electron chi connectivity index (χ2n) is 5.55. The van der Waals surface area contributed by atoms with Crippen molar-refractivity contribution in [1.82, 2.24) is 5.32 Å². The highest BCUT2D eigenvalue weighted by molar-refractivity contribution is 7.99. The van der Waals surface area contributed by atoms with Crippen LogP contribution in [0.5, 0.6) is 5.75 Å². The van der Waals surface area contributed by atoms with Crippen LogP contribution < -0.4 is 10.1 Å². The van der Waals surface area contributed by atoms with Crippen molar-refractivity contribution in [3.05, 3.63) is 33.9 Å². The number of nitrogens with zero attached hydrogens (tertiary/aromatic N) is 1. The Hall–Kier alpha value is -2.29. The molecule has 1 fully saturated rings. The molecule has 0 aliphatic heterocycles. The third kappa shape index (κ3) is 3.97. The van der Waals surface area contributed by atoms with Crippen LogP contribution in [0.15, 0.2) is 18.2 Å². The SMILES string of the molecule is COc1ccc(CSCC(=O)NC2(C(=O)O)CCC2)cc1[N+](=O)[O-]. The van der Waals surface area contributed by atoms with Gasteiger partial charge in [0.1, 0.15) is 5.54 Å². The number of carboxylic acids is 1. The Morgan fingerprint density at radius 1 is 1.46 bits per heavy atom. The lowest BCUT2D eigenvalue weighted by atomic mass is 9.77. The lowest BCUT2D eigenvalue weighted by molar-refractivity contribution is -0.385. The van der Waals surface area contributed by atoms with Gasteiger partial charge in [0.15, 0.2) is 5.75 Å². The zero-order chi connectivity index (χ0) is 17.7. The van der Waals surface area contributed by atoms with Gasteiger partial charge in [-0.25, -0.2) is 4.79 Å². The minimum atomic E-state index is -1.11. The summed E-state index contributed by atoms with van der Waals surface area (Å²) < 4.78 is 4.93. The summed E-state index contributed by atoms with van der Waals surface area (Å²) in [5, 5.41) is 22.7. The van der Waals surface area contributed by atoms with E-state index in [4.69, 9.17) is 4.74 Å². The van der Waals surface area contributed by atoms with Crippen molar-refractivity contribution in [3.8, 4) is 5.75 Å². The minimum absolute atomic E-state index is 0.0921. The third-order valence-corrected chi connectivity index (χ3v) is 4.94. The highest BCUT2D eigenvalue weighted by Gasteiger charge is 2.45. The van der Waals surface area contributed by atoms with E-state index in [1.54, 1.807) is 6.07 Å². The fourth-order valence-corrected chi connectivity index (χ4v) is 3.23. The van der Waals surface area contributed by atoms with Gasteiger partial charge >= 0.3 is 11.7 Å². The zero-order valence-corrected chi connectivity index (χ0v) is 13.9. The van der Waals surface area contributed by atoms with Crippen molar-refractivity contribution < 1.29 is 24.4 Å². The molecule has 1 saturated carbocycles. The number of nitro benzene ring substituents is 1. The van der Waals surface area contributed by atoms with Crippen LogP contribution in [0.3, 0.4) is 0 Å². The molecular formula is C15H18N2O6S. The minimum Gasteiger partial charge on any atom is -0.490 e. The van der Waals surface area contributed by atoms with Gasteiger partial charge in [-0.15, -0.1) is 11.8 Å². The quantitative estimate of drug-likeness (QED) is 0.541. The summed E-state index contributed by atoms with van der Waals surface area (Å²) in [6.45, 7) is 0. The Labute approximate surface area is 142 Å². The molecule has 0 unspecified atom stereocenters. The van der Waals surface area contributed by atoms with Crippen molar-refractivity contribution in [1.29, 1.82) is 0 Å². The molecule has 0 aromatic heterocycles. The molecule has 9 heteroatoms. The highest BCUT2D eigenvalue weighted by atomic mass is 32.2. The van der Waals surface area contributed by atoms with E-state index in [-0.39, 0.29) is 23.1 Å². The summed E-state index contributed by atoms with van der Waals surface area (Å²) in [5.74, 6) is -0.671. The number of methoxy groups -OCH3 is 1. The monoisotopic (exact) mass is 354 g/mol. The predicted molar refractivity (Wildman–Crippen MR) is 88.2 cm³/mol. The molecular weight excluding hydrogens is 336 g/mol. The molecule has 1 aromatic rings. The Balaban J connectivity index is 1.88. The van der Waals surface area contributed by atoms with E-state index >= 15 is 0 Å². The Bertz CT molecular complexity index is 659. The fourth-order valence-electron chi connectivity index (χ4n) is 2.46. The number of carboxylic acid groups (broad SMARTS) is 1. The smallest absolute Gasteiger partial charge is 0.329 e. The lowest BCUT2D eigenvalue weighted by Crippen LogP contribution is -2.59. The molecule has 130 valence electrons. The molecule has 2 rings (SSSR count). The molecule has 24 heavy (non-hydrogen) atoms. The van der Waals surface area contributed by atoms with E-state index in [0.717, 1.165) is 6.42 Å². The molecule has 0 spiro atoms. The second-order valence-corrected chi connectivity index (χ2v) is 6.53. The number of nitrogens with one attached hydrogen (secondary N) is 1. The summed E-state index contributed by atoms with van der Waals surface area (Å²) in [4.78, 5) is 33.6. The number of thioether (sulfide) groups is 1. The molecule has 2 N–H and O–H groups in total. The average Bonchev–Trinajstić information content (AvgIpc) is 2.50. The second kappa shape index (κ2) is 7.52. The topological polar surface area (TPSA) is 119 Å². The third-order valence-electron chi connectivity index (χ3n) is 3.94. The summed E-state index contributed by atoms with van der Waals surface area (Å²) in [6, 6.07) is 4.62. The number of hydrogen-bond donors (Lipinski definition) is 2. The summed E-state index contributed by atoms with van der Waals surface area (Å²) in [6.07, 6.45) is 1.68. The Morgan fingerprint density at radius 2 is 2.17 bits per heavy atom. The standard InChI is InChI=1S/C15H18N2O6S/c1-23-12-4-3-10(7-11(12)17(21)22)8-24-9-13(18)16-15(14(19)20)5-2-6-15/h3-4,7H,2,5-6,8-9H2,1H3,(H,16,18)(H,19,20). The number of ether oxygens (including phenoxy) is 1. The average molecular weight is 354 g/mol. The van der Waals surface area contributed by atoms with Gasteiger partial charge in [-0.05, 0) is 30.9 Å². The number of aliphatic carboxylic acids is 1. The van der Waals surface area contributed by atoms with Gasteiger partial charge in [-0.2, -0.15) is 0 Å². The molecule has 1 amide bonds. The van der Waals surface area contributed by atoms with Crippen LogP contribution in [0.25, 0.3) is 0 Å². The van der Waals surface area contributed by atoms with E-state index in [2.05, 4.69) is 5.32 Å². The number of carbonyl (C=O) groups excluding carboxylic acids is 1. The van der Waals surface area contributed by atoms with Crippen LogP contribution in [0.1, 0.15) is 24.8 Å². The van der Waals surface area contributed by atoms with Crippen LogP contribution >= 0.6 is 11.8 Å². The van der Waals surface area contributed by atoms with Gasteiger partial charge in [0, 0.05) is 11.8 Å². The number of amides is 1.